The number of hydrogen-bond acceptors (Lipinski definition) is 8. The highest BCUT2D eigenvalue weighted by atomic mass is 35.5. The van der Waals surface area contributed by atoms with Crippen molar-refractivity contribution in [3.8, 4) is 5.75 Å². The molecule has 1 saturated heterocycles. The maximum atomic E-state index is 10.5. The molecule has 32 heavy (non-hydrogen) atoms. The first-order valence-electron chi connectivity index (χ1n) is 10.4. The van der Waals surface area contributed by atoms with Crippen LogP contribution in [0.2, 0.25) is 5.02 Å². The number of benzene rings is 2. The van der Waals surface area contributed by atoms with Crippen molar-refractivity contribution in [2.24, 2.45) is 0 Å². The minimum atomic E-state index is -1.87. The molecular formula is C23H29ClO8. The van der Waals surface area contributed by atoms with Crippen molar-refractivity contribution >= 4 is 11.6 Å². The summed E-state index contributed by atoms with van der Waals surface area (Å²) in [5, 5.41) is 59.4. The van der Waals surface area contributed by atoms with Gasteiger partial charge in [-0.15, -0.1) is 0 Å². The smallest absolute Gasteiger partial charge is 0.124 e. The zero-order valence-corrected chi connectivity index (χ0v) is 18.2. The zero-order chi connectivity index (χ0) is 23.3. The van der Waals surface area contributed by atoms with Crippen molar-refractivity contribution in [1.29, 1.82) is 0 Å². The fraction of sp³-hybridized carbons (Fsp3) is 0.478. The Hall–Kier alpha value is -1.75. The van der Waals surface area contributed by atoms with Crippen LogP contribution in [0.25, 0.3) is 0 Å². The van der Waals surface area contributed by atoms with E-state index in [9.17, 15) is 25.5 Å². The third-order valence-electron chi connectivity index (χ3n) is 5.52. The largest absolute Gasteiger partial charge is 0.488 e. The summed E-state index contributed by atoms with van der Waals surface area (Å²) in [5.74, 6) is 0.750. The maximum absolute atomic E-state index is 10.5. The highest BCUT2D eigenvalue weighted by molar-refractivity contribution is 6.31. The molecule has 6 N–H and O–H groups in total. The number of hydrogen-bond donors (Lipinski definition) is 6. The van der Waals surface area contributed by atoms with Gasteiger partial charge in [-0.1, -0.05) is 35.9 Å². The Morgan fingerprint density at radius 2 is 1.69 bits per heavy atom. The Morgan fingerprint density at radius 1 is 0.969 bits per heavy atom. The van der Waals surface area contributed by atoms with Crippen LogP contribution in [-0.4, -0.2) is 81.0 Å². The summed E-state index contributed by atoms with van der Waals surface area (Å²) in [6.07, 6.45) is -7.31. The lowest BCUT2D eigenvalue weighted by Crippen LogP contribution is -2.47. The molecule has 0 aromatic heterocycles. The fourth-order valence-corrected chi connectivity index (χ4v) is 3.72. The van der Waals surface area contributed by atoms with Crippen LogP contribution in [0.5, 0.6) is 5.75 Å². The van der Waals surface area contributed by atoms with Crippen LogP contribution in [-0.2, 0) is 11.2 Å². The monoisotopic (exact) mass is 468 g/mol. The van der Waals surface area contributed by atoms with Crippen LogP contribution >= 0.6 is 11.6 Å². The maximum Gasteiger partial charge on any atom is 0.124 e. The molecule has 0 saturated carbocycles. The lowest BCUT2D eigenvalue weighted by molar-refractivity contribution is -0.141. The molecule has 0 bridgehead atoms. The number of ether oxygens (including phenoxy) is 2. The summed E-state index contributed by atoms with van der Waals surface area (Å²) in [6.45, 7) is 0.490. The first kappa shape index (κ1) is 24.9. The summed E-state index contributed by atoms with van der Waals surface area (Å²) in [6, 6.07) is 12.2. The molecule has 0 aliphatic carbocycles. The van der Waals surface area contributed by atoms with Crippen LogP contribution < -0.4 is 4.74 Å². The molecule has 0 radical (unpaired) electrons. The minimum absolute atomic E-state index is 0.0623. The minimum Gasteiger partial charge on any atom is -0.488 e. The van der Waals surface area contributed by atoms with Gasteiger partial charge in [-0.3, -0.25) is 0 Å². The summed E-state index contributed by atoms with van der Waals surface area (Å²) >= 11 is 6.32. The lowest BCUT2D eigenvalue weighted by Gasteiger charge is -2.28. The van der Waals surface area contributed by atoms with E-state index in [4.69, 9.17) is 26.2 Å². The van der Waals surface area contributed by atoms with Crippen molar-refractivity contribution in [2.75, 3.05) is 19.8 Å². The first-order valence-corrected chi connectivity index (χ1v) is 10.8. The summed E-state index contributed by atoms with van der Waals surface area (Å²) < 4.78 is 11.2. The predicted molar refractivity (Wildman–Crippen MR) is 117 cm³/mol. The molecular weight excluding hydrogens is 440 g/mol. The third kappa shape index (κ3) is 6.18. The molecule has 1 heterocycles. The molecule has 176 valence electrons. The molecule has 2 aromatic carbocycles. The van der Waals surface area contributed by atoms with Gasteiger partial charge in [-0.25, -0.2) is 0 Å². The molecule has 3 rings (SSSR count). The van der Waals surface area contributed by atoms with E-state index >= 15 is 0 Å². The second-order valence-electron chi connectivity index (χ2n) is 7.94. The van der Waals surface area contributed by atoms with Crippen LogP contribution in [0, 0.1) is 0 Å². The van der Waals surface area contributed by atoms with Gasteiger partial charge in [0.15, 0.2) is 0 Å². The van der Waals surface area contributed by atoms with Crippen molar-refractivity contribution < 1.29 is 40.1 Å². The van der Waals surface area contributed by atoms with E-state index < -0.39 is 37.1 Å². The van der Waals surface area contributed by atoms with E-state index in [0.717, 1.165) is 17.7 Å². The van der Waals surface area contributed by atoms with Gasteiger partial charge in [-0.05, 0) is 41.3 Å². The van der Waals surface area contributed by atoms with E-state index in [1.54, 1.807) is 12.1 Å². The highest BCUT2D eigenvalue weighted by Crippen LogP contribution is 2.28. The molecule has 1 aliphatic heterocycles. The van der Waals surface area contributed by atoms with Crippen molar-refractivity contribution in [1.82, 2.24) is 0 Å². The van der Waals surface area contributed by atoms with Crippen LogP contribution in [0.3, 0.4) is 0 Å². The highest BCUT2D eigenvalue weighted by Gasteiger charge is 2.34. The Morgan fingerprint density at radius 3 is 2.31 bits per heavy atom. The Kier molecular flexibility index (Phi) is 8.87. The van der Waals surface area contributed by atoms with Crippen molar-refractivity contribution in [3.63, 3.8) is 0 Å². The van der Waals surface area contributed by atoms with Gasteiger partial charge in [0.2, 0.25) is 0 Å². The Labute approximate surface area is 191 Å². The van der Waals surface area contributed by atoms with E-state index in [-0.39, 0.29) is 11.7 Å². The number of halogens is 1. The Bertz CT molecular complexity index is 856. The van der Waals surface area contributed by atoms with Gasteiger partial charge in [0.1, 0.15) is 42.4 Å². The molecule has 0 amide bonds. The second-order valence-corrected chi connectivity index (χ2v) is 8.35. The molecule has 0 spiro atoms. The normalized spacial score (nSPS) is 21.0. The van der Waals surface area contributed by atoms with Gasteiger partial charge >= 0.3 is 0 Å². The van der Waals surface area contributed by atoms with Gasteiger partial charge in [0, 0.05) is 11.4 Å². The SMILES string of the molecule is OC[C@H](O)[C@@H](O)[C@H](O)[C@@H](O)[C@@H](O)c1ccc(Cl)c(Cc2ccc(O[C@H]3CCOC3)cc2)c1. The quantitative estimate of drug-likeness (QED) is 0.297. The van der Waals surface area contributed by atoms with Gasteiger partial charge in [0.25, 0.3) is 0 Å². The predicted octanol–water partition coefficient (Wildman–Crippen LogP) is 0.568. The van der Waals surface area contributed by atoms with Gasteiger partial charge in [-0.2, -0.15) is 0 Å². The number of rotatable bonds is 10. The molecule has 8 nitrogen and oxygen atoms in total. The zero-order valence-electron chi connectivity index (χ0n) is 17.4. The van der Waals surface area contributed by atoms with Crippen molar-refractivity contribution in [3.05, 3.63) is 64.2 Å². The van der Waals surface area contributed by atoms with E-state index in [0.29, 0.717) is 30.2 Å². The summed E-state index contributed by atoms with van der Waals surface area (Å²) in [7, 11) is 0. The topological polar surface area (TPSA) is 140 Å². The van der Waals surface area contributed by atoms with E-state index in [2.05, 4.69) is 0 Å². The summed E-state index contributed by atoms with van der Waals surface area (Å²) in [4.78, 5) is 0. The lowest BCUT2D eigenvalue weighted by atomic mass is 9.93. The molecule has 9 heteroatoms. The standard InChI is InChI=1S/C23H29ClO8/c24-18-6-3-14(20(27)22(29)23(30)21(28)19(26)11-25)10-15(18)9-13-1-4-16(5-2-13)32-17-7-8-31-12-17/h1-6,10,17,19-23,25-30H,7-9,11-12H2/t17-,19-,20-,21+,22-,23-/m0/s1. The molecule has 0 unspecified atom stereocenters. The number of aliphatic hydroxyl groups excluding tert-OH is 6. The molecule has 6 atom stereocenters. The number of aliphatic hydroxyl groups is 6. The first-order chi connectivity index (χ1) is 15.3. The fourth-order valence-electron chi connectivity index (χ4n) is 3.54. The average Bonchev–Trinajstić information content (AvgIpc) is 3.32. The summed E-state index contributed by atoms with van der Waals surface area (Å²) in [5.41, 5.74) is 1.93. The Balaban J connectivity index is 1.68. The van der Waals surface area contributed by atoms with E-state index in [1.807, 2.05) is 24.3 Å². The molecule has 2 aromatic rings. The van der Waals surface area contributed by atoms with E-state index in [1.165, 1.54) is 6.07 Å². The average molecular weight is 469 g/mol. The van der Waals surface area contributed by atoms with Crippen molar-refractivity contribution in [2.45, 2.75) is 49.5 Å². The van der Waals surface area contributed by atoms with Crippen LogP contribution in [0.1, 0.15) is 29.2 Å². The molecule has 1 fully saturated rings. The van der Waals surface area contributed by atoms with Gasteiger partial charge in [0.05, 0.1) is 19.8 Å². The van der Waals surface area contributed by atoms with Crippen LogP contribution in [0.15, 0.2) is 42.5 Å². The van der Waals surface area contributed by atoms with Gasteiger partial charge < -0.3 is 40.1 Å². The van der Waals surface area contributed by atoms with Crippen LogP contribution in [0.4, 0.5) is 0 Å². The second kappa shape index (κ2) is 11.4. The third-order valence-corrected chi connectivity index (χ3v) is 5.89. The molecule has 1 aliphatic rings.